The second-order valence-corrected chi connectivity index (χ2v) is 5.60. The fourth-order valence-corrected chi connectivity index (χ4v) is 2.41. The quantitative estimate of drug-likeness (QED) is 0.643. The zero-order valence-electron chi connectivity index (χ0n) is 11.9. The van der Waals surface area contributed by atoms with E-state index < -0.39 is 0 Å². The van der Waals surface area contributed by atoms with Crippen LogP contribution in [0.3, 0.4) is 0 Å². The molecule has 0 aromatic heterocycles. The van der Waals surface area contributed by atoms with E-state index in [0.717, 1.165) is 19.3 Å². The van der Waals surface area contributed by atoms with Crippen molar-refractivity contribution < 1.29 is 9.59 Å². The summed E-state index contributed by atoms with van der Waals surface area (Å²) in [6.45, 7) is 2.54. The molecule has 5 nitrogen and oxygen atoms in total. The van der Waals surface area contributed by atoms with Crippen molar-refractivity contribution in [3.8, 4) is 0 Å². The second-order valence-electron chi connectivity index (χ2n) is 5.60. The van der Waals surface area contributed by atoms with Crippen LogP contribution in [0.5, 0.6) is 0 Å². The Morgan fingerprint density at radius 2 is 1.84 bits per heavy atom. The zero-order valence-corrected chi connectivity index (χ0v) is 11.9. The number of amides is 2. The molecule has 4 N–H and O–H groups in total. The third-order valence-corrected chi connectivity index (χ3v) is 3.57. The first-order valence-corrected chi connectivity index (χ1v) is 7.37. The fourth-order valence-electron chi connectivity index (χ4n) is 2.41. The van der Waals surface area contributed by atoms with Gasteiger partial charge in [-0.05, 0) is 32.1 Å². The molecule has 2 amide bonds. The second kappa shape index (κ2) is 8.91. The van der Waals surface area contributed by atoms with Gasteiger partial charge in [-0.15, -0.1) is 0 Å². The lowest BCUT2D eigenvalue weighted by molar-refractivity contribution is -0.126. The van der Waals surface area contributed by atoms with Gasteiger partial charge in [0.25, 0.3) is 0 Å². The minimum atomic E-state index is -0.141. The largest absolute Gasteiger partial charge is 0.355 e. The van der Waals surface area contributed by atoms with Gasteiger partial charge in [0, 0.05) is 19.0 Å². The van der Waals surface area contributed by atoms with E-state index in [1.54, 1.807) is 0 Å². The predicted octanol–water partition coefficient (Wildman–Crippen LogP) is 0.926. The molecule has 0 spiro atoms. The van der Waals surface area contributed by atoms with E-state index in [-0.39, 0.29) is 24.4 Å². The first-order chi connectivity index (χ1) is 9.08. The van der Waals surface area contributed by atoms with E-state index in [2.05, 4.69) is 10.6 Å². The van der Waals surface area contributed by atoms with Gasteiger partial charge in [-0.25, -0.2) is 0 Å². The monoisotopic (exact) mass is 269 g/mol. The van der Waals surface area contributed by atoms with Crippen LogP contribution in [0.15, 0.2) is 0 Å². The fraction of sp³-hybridized carbons (Fsp3) is 0.857. The van der Waals surface area contributed by atoms with Gasteiger partial charge in [0.1, 0.15) is 0 Å². The topological polar surface area (TPSA) is 84.2 Å². The lowest BCUT2D eigenvalue weighted by Gasteiger charge is -2.20. The van der Waals surface area contributed by atoms with Crippen LogP contribution in [-0.4, -0.2) is 30.9 Å². The Bertz CT molecular complexity index is 286. The Kier molecular flexibility index (Phi) is 7.48. The molecule has 1 unspecified atom stereocenters. The SMILES string of the molecule is CC(N)CCNC(=O)CNC(=O)CC1CCCCC1. The molecule has 19 heavy (non-hydrogen) atoms. The molecule has 0 aromatic rings. The molecule has 1 rings (SSSR count). The average molecular weight is 269 g/mol. The molecule has 0 bridgehead atoms. The highest BCUT2D eigenvalue weighted by Crippen LogP contribution is 2.25. The van der Waals surface area contributed by atoms with Crippen molar-refractivity contribution in [3.63, 3.8) is 0 Å². The van der Waals surface area contributed by atoms with E-state index >= 15 is 0 Å². The maximum absolute atomic E-state index is 11.7. The van der Waals surface area contributed by atoms with Crippen molar-refractivity contribution in [2.45, 2.75) is 57.9 Å². The molecule has 5 heteroatoms. The maximum atomic E-state index is 11.7. The summed E-state index contributed by atoms with van der Waals surface area (Å²) in [7, 11) is 0. The Morgan fingerprint density at radius 1 is 1.16 bits per heavy atom. The summed E-state index contributed by atoms with van der Waals surface area (Å²) in [5, 5.41) is 5.42. The van der Waals surface area contributed by atoms with Gasteiger partial charge in [-0.1, -0.05) is 19.3 Å². The Hall–Kier alpha value is -1.10. The predicted molar refractivity (Wildman–Crippen MR) is 75.5 cm³/mol. The molecule has 1 aliphatic rings. The Balaban J connectivity index is 2.06. The van der Waals surface area contributed by atoms with Gasteiger partial charge in [0.05, 0.1) is 6.54 Å². The molecule has 0 saturated heterocycles. The Morgan fingerprint density at radius 3 is 2.47 bits per heavy atom. The average Bonchev–Trinajstić information content (AvgIpc) is 2.37. The van der Waals surface area contributed by atoms with Crippen molar-refractivity contribution in [1.29, 1.82) is 0 Å². The number of carbonyl (C=O) groups excluding carboxylic acids is 2. The first kappa shape index (κ1) is 16.0. The maximum Gasteiger partial charge on any atom is 0.239 e. The molecule has 0 aromatic carbocycles. The van der Waals surface area contributed by atoms with Gasteiger partial charge < -0.3 is 16.4 Å². The molecule has 110 valence electrons. The smallest absolute Gasteiger partial charge is 0.239 e. The highest BCUT2D eigenvalue weighted by molar-refractivity contribution is 5.84. The van der Waals surface area contributed by atoms with Crippen LogP contribution >= 0.6 is 0 Å². The van der Waals surface area contributed by atoms with Crippen LogP contribution in [0.2, 0.25) is 0 Å². The summed E-state index contributed by atoms with van der Waals surface area (Å²) < 4.78 is 0. The van der Waals surface area contributed by atoms with Crippen LogP contribution < -0.4 is 16.4 Å². The van der Waals surface area contributed by atoms with E-state index in [1.807, 2.05) is 6.92 Å². The van der Waals surface area contributed by atoms with Crippen LogP contribution in [0.4, 0.5) is 0 Å². The summed E-state index contributed by atoms with van der Waals surface area (Å²) in [4.78, 5) is 23.1. The van der Waals surface area contributed by atoms with Crippen molar-refractivity contribution in [1.82, 2.24) is 10.6 Å². The van der Waals surface area contributed by atoms with Crippen LogP contribution in [-0.2, 0) is 9.59 Å². The molecule has 0 aliphatic heterocycles. The van der Waals surface area contributed by atoms with E-state index in [4.69, 9.17) is 5.73 Å². The van der Waals surface area contributed by atoms with E-state index in [9.17, 15) is 9.59 Å². The minimum absolute atomic E-state index is 0.00533. The van der Waals surface area contributed by atoms with E-state index in [0.29, 0.717) is 18.9 Å². The number of hydrogen-bond donors (Lipinski definition) is 3. The van der Waals surface area contributed by atoms with E-state index in [1.165, 1.54) is 19.3 Å². The number of hydrogen-bond acceptors (Lipinski definition) is 3. The summed E-state index contributed by atoms with van der Waals surface area (Å²) in [6.07, 6.45) is 7.36. The van der Waals surface area contributed by atoms with Gasteiger partial charge >= 0.3 is 0 Å². The molecule has 1 aliphatic carbocycles. The van der Waals surface area contributed by atoms with Crippen LogP contribution in [0, 0.1) is 5.92 Å². The molecule has 1 atom stereocenters. The lowest BCUT2D eigenvalue weighted by atomic mass is 9.87. The summed E-state index contributed by atoms with van der Waals surface area (Å²) in [5.74, 6) is 0.363. The molecule has 0 heterocycles. The van der Waals surface area contributed by atoms with Crippen molar-refractivity contribution in [2.75, 3.05) is 13.1 Å². The van der Waals surface area contributed by atoms with Gasteiger partial charge in [0.2, 0.25) is 11.8 Å². The molecular weight excluding hydrogens is 242 g/mol. The summed E-state index contributed by atoms with van der Waals surface area (Å²) >= 11 is 0. The van der Waals surface area contributed by atoms with Crippen LogP contribution in [0.25, 0.3) is 0 Å². The standard InChI is InChI=1S/C14H27N3O2/c1-11(15)7-8-16-14(19)10-17-13(18)9-12-5-3-2-4-6-12/h11-12H,2-10,15H2,1H3,(H,16,19)(H,17,18). The number of rotatable bonds is 7. The summed E-state index contributed by atoms with van der Waals surface area (Å²) in [6, 6.07) is 0.0844. The first-order valence-electron chi connectivity index (χ1n) is 7.37. The summed E-state index contributed by atoms with van der Waals surface area (Å²) in [5.41, 5.74) is 5.58. The van der Waals surface area contributed by atoms with Crippen molar-refractivity contribution in [2.24, 2.45) is 11.7 Å². The third-order valence-electron chi connectivity index (χ3n) is 3.57. The molecule has 0 radical (unpaired) electrons. The highest BCUT2D eigenvalue weighted by Gasteiger charge is 2.17. The van der Waals surface area contributed by atoms with Gasteiger partial charge in [-0.3, -0.25) is 9.59 Å². The third kappa shape index (κ3) is 7.82. The highest BCUT2D eigenvalue weighted by atomic mass is 16.2. The zero-order chi connectivity index (χ0) is 14.1. The molecular formula is C14H27N3O2. The number of carbonyl (C=O) groups is 2. The Labute approximate surface area is 115 Å². The normalized spacial score (nSPS) is 17.8. The van der Waals surface area contributed by atoms with Gasteiger partial charge in [-0.2, -0.15) is 0 Å². The van der Waals surface area contributed by atoms with Crippen molar-refractivity contribution in [3.05, 3.63) is 0 Å². The van der Waals surface area contributed by atoms with Crippen molar-refractivity contribution >= 4 is 11.8 Å². The molecule has 1 saturated carbocycles. The van der Waals surface area contributed by atoms with Crippen LogP contribution in [0.1, 0.15) is 51.9 Å². The van der Waals surface area contributed by atoms with Gasteiger partial charge in [0.15, 0.2) is 0 Å². The molecule has 1 fully saturated rings. The lowest BCUT2D eigenvalue weighted by Crippen LogP contribution is -2.38. The minimum Gasteiger partial charge on any atom is -0.355 e. The number of nitrogens with one attached hydrogen (secondary N) is 2. The number of nitrogens with two attached hydrogens (primary N) is 1.